The standard InChI is InChI=1S/C21H20N2O4S/c1-12-5-4-6-16(11-12)23-13(2)17(20(26)27-3)18(22-21(23)28)14-7-9-15(10-8-14)19(24)25/h4-11,18H,1-3H3,(H,22,28)(H,24,25)/t18-/m0/s1. The highest BCUT2D eigenvalue weighted by atomic mass is 32.1. The third kappa shape index (κ3) is 3.61. The molecule has 2 aromatic rings. The van der Waals surface area contributed by atoms with Crippen molar-refractivity contribution in [2.45, 2.75) is 19.9 Å². The summed E-state index contributed by atoms with van der Waals surface area (Å²) < 4.78 is 5.02. The number of rotatable bonds is 4. The summed E-state index contributed by atoms with van der Waals surface area (Å²) in [5.41, 5.74) is 3.88. The van der Waals surface area contributed by atoms with E-state index in [0.717, 1.165) is 16.8 Å². The molecule has 1 heterocycles. The number of anilines is 1. The average Bonchev–Trinajstić information content (AvgIpc) is 2.67. The molecule has 0 saturated heterocycles. The van der Waals surface area contributed by atoms with Crippen molar-refractivity contribution in [3.8, 4) is 0 Å². The predicted molar refractivity (Wildman–Crippen MR) is 110 cm³/mol. The number of benzene rings is 2. The van der Waals surface area contributed by atoms with Gasteiger partial charge in [0.2, 0.25) is 0 Å². The number of carboxylic acid groups (broad SMARTS) is 1. The molecule has 0 radical (unpaired) electrons. The second kappa shape index (κ2) is 7.82. The third-order valence-corrected chi connectivity index (χ3v) is 4.94. The summed E-state index contributed by atoms with van der Waals surface area (Å²) in [6, 6.07) is 13.6. The molecule has 0 saturated carbocycles. The Balaban J connectivity index is 2.11. The van der Waals surface area contributed by atoms with Gasteiger partial charge in [0.1, 0.15) is 0 Å². The summed E-state index contributed by atoms with van der Waals surface area (Å²) >= 11 is 5.58. The number of carbonyl (C=O) groups excluding carboxylic acids is 1. The van der Waals surface area contributed by atoms with E-state index in [4.69, 9.17) is 22.1 Å². The van der Waals surface area contributed by atoms with Gasteiger partial charge in [-0.2, -0.15) is 0 Å². The molecule has 0 unspecified atom stereocenters. The maximum absolute atomic E-state index is 12.6. The van der Waals surface area contributed by atoms with Crippen LogP contribution in [-0.2, 0) is 9.53 Å². The number of aromatic carboxylic acids is 1. The maximum Gasteiger partial charge on any atom is 0.337 e. The van der Waals surface area contributed by atoms with E-state index in [0.29, 0.717) is 16.4 Å². The fourth-order valence-corrected chi connectivity index (χ4v) is 3.62. The first-order valence-corrected chi connectivity index (χ1v) is 9.04. The van der Waals surface area contributed by atoms with Gasteiger partial charge in [-0.1, -0.05) is 24.3 Å². The number of hydrogen-bond acceptors (Lipinski definition) is 4. The van der Waals surface area contributed by atoms with Gasteiger partial charge in [-0.3, -0.25) is 4.90 Å². The van der Waals surface area contributed by atoms with Crippen LogP contribution in [0.3, 0.4) is 0 Å². The number of ether oxygens (including phenoxy) is 1. The molecule has 7 heteroatoms. The number of nitrogens with zero attached hydrogens (tertiary/aromatic N) is 1. The van der Waals surface area contributed by atoms with Crippen molar-refractivity contribution >= 4 is 35.0 Å². The smallest absolute Gasteiger partial charge is 0.337 e. The second-order valence-electron chi connectivity index (χ2n) is 6.47. The number of carbonyl (C=O) groups is 2. The van der Waals surface area contributed by atoms with E-state index < -0.39 is 18.0 Å². The van der Waals surface area contributed by atoms with Gasteiger partial charge in [0.05, 0.1) is 24.3 Å². The Morgan fingerprint density at radius 3 is 2.39 bits per heavy atom. The first-order chi connectivity index (χ1) is 13.3. The second-order valence-corrected chi connectivity index (χ2v) is 6.86. The van der Waals surface area contributed by atoms with E-state index in [1.807, 2.05) is 38.1 Å². The van der Waals surface area contributed by atoms with Crippen molar-refractivity contribution < 1.29 is 19.4 Å². The summed E-state index contributed by atoms with van der Waals surface area (Å²) in [5, 5.41) is 12.7. The molecule has 0 aromatic heterocycles. The van der Waals surface area contributed by atoms with Gasteiger partial charge in [0.25, 0.3) is 0 Å². The molecule has 0 amide bonds. The lowest BCUT2D eigenvalue weighted by Gasteiger charge is -2.37. The van der Waals surface area contributed by atoms with Crippen molar-refractivity contribution in [1.29, 1.82) is 0 Å². The monoisotopic (exact) mass is 396 g/mol. The van der Waals surface area contributed by atoms with E-state index >= 15 is 0 Å². The van der Waals surface area contributed by atoms with E-state index in [1.54, 1.807) is 17.0 Å². The topological polar surface area (TPSA) is 78.9 Å². The number of methoxy groups -OCH3 is 1. The van der Waals surface area contributed by atoms with Crippen LogP contribution < -0.4 is 10.2 Å². The number of esters is 1. The van der Waals surface area contributed by atoms with Crippen LogP contribution in [0.1, 0.15) is 34.5 Å². The van der Waals surface area contributed by atoms with Crippen molar-refractivity contribution in [1.82, 2.24) is 5.32 Å². The van der Waals surface area contributed by atoms with Crippen LogP contribution in [0, 0.1) is 6.92 Å². The fourth-order valence-electron chi connectivity index (χ4n) is 3.26. The van der Waals surface area contributed by atoms with Crippen molar-refractivity contribution in [3.05, 3.63) is 76.5 Å². The SMILES string of the molecule is COC(=O)C1=C(C)N(c2cccc(C)c2)C(=S)N[C@H]1c1ccc(C(=O)O)cc1. The Hall–Kier alpha value is -3.19. The quantitative estimate of drug-likeness (QED) is 0.604. The largest absolute Gasteiger partial charge is 0.478 e. The van der Waals surface area contributed by atoms with E-state index in [1.165, 1.54) is 19.2 Å². The van der Waals surface area contributed by atoms with Crippen molar-refractivity contribution in [2.75, 3.05) is 12.0 Å². The molecule has 0 bridgehead atoms. The van der Waals surface area contributed by atoms with Crippen LogP contribution in [0.5, 0.6) is 0 Å². The number of carboxylic acids is 1. The van der Waals surface area contributed by atoms with Crippen molar-refractivity contribution in [2.24, 2.45) is 0 Å². The van der Waals surface area contributed by atoms with E-state index in [2.05, 4.69) is 5.32 Å². The van der Waals surface area contributed by atoms with Gasteiger partial charge in [0, 0.05) is 11.4 Å². The Kier molecular flexibility index (Phi) is 5.46. The maximum atomic E-state index is 12.6. The van der Waals surface area contributed by atoms with Crippen LogP contribution in [0.2, 0.25) is 0 Å². The number of allylic oxidation sites excluding steroid dienone is 1. The van der Waals surface area contributed by atoms with Gasteiger partial charge in [-0.25, -0.2) is 9.59 Å². The van der Waals surface area contributed by atoms with Gasteiger partial charge < -0.3 is 15.2 Å². The molecular weight excluding hydrogens is 376 g/mol. The number of thiocarbonyl (C=S) groups is 1. The normalized spacial score (nSPS) is 16.6. The van der Waals surface area contributed by atoms with Crippen LogP contribution in [0.15, 0.2) is 59.8 Å². The first kappa shape index (κ1) is 19.6. The highest BCUT2D eigenvalue weighted by Crippen LogP contribution is 2.34. The summed E-state index contributed by atoms with van der Waals surface area (Å²) in [6.07, 6.45) is 0. The molecule has 1 atom stereocenters. The molecule has 1 aliphatic heterocycles. The minimum Gasteiger partial charge on any atom is -0.478 e. The zero-order chi connectivity index (χ0) is 20.4. The van der Waals surface area contributed by atoms with Crippen molar-refractivity contribution in [3.63, 3.8) is 0 Å². The number of hydrogen-bond donors (Lipinski definition) is 2. The minimum atomic E-state index is -1.01. The molecule has 0 fully saturated rings. The predicted octanol–water partition coefficient (Wildman–Crippen LogP) is 3.58. The third-order valence-electron chi connectivity index (χ3n) is 4.64. The fraction of sp³-hybridized carbons (Fsp3) is 0.190. The Bertz CT molecular complexity index is 982. The number of aryl methyl sites for hydroxylation is 1. The van der Waals surface area contributed by atoms with E-state index in [9.17, 15) is 9.59 Å². The van der Waals surface area contributed by atoms with Gasteiger partial charge >= 0.3 is 11.9 Å². The highest BCUT2D eigenvalue weighted by molar-refractivity contribution is 7.80. The average molecular weight is 396 g/mol. The number of nitrogens with one attached hydrogen (secondary N) is 1. The summed E-state index contributed by atoms with van der Waals surface area (Å²) in [5.74, 6) is -1.48. The summed E-state index contributed by atoms with van der Waals surface area (Å²) in [7, 11) is 1.33. The van der Waals surface area contributed by atoms with Crippen LogP contribution in [0.25, 0.3) is 0 Å². The van der Waals surface area contributed by atoms with Gasteiger partial charge in [-0.15, -0.1) is 0 Å². The molecule has 3 rings (SSSR count). The van der Waals surface area contributed by atoms with Crippen LogP contribution in [-0.4, -0.2) is 29.3 Å². The lowest BCUT2D eigenvalue weighted by molar-refractivity contribution is -0.136. The lowest BCUT2D eigenvalue weighted by atomic mass is 9.94. The lowest BCUT2D eigenvalue weighted by Crippen LogP contribution is -2.48. The zero-order valence-electron chi connectivity index (χ0n) is 15.7. The minimum absolute atomic E-state index is 0.170. The molecule has 0 spiro atoms. The highest BCUT2D eigenvalue weighted by Gasteiger charge is 2.35. The Morgan fingerprint density at radius 1 is 1.14 bits per heavy atom. The molecule has 144 valence electrons. The summed E-state index contributed by atoms with van der Waals surface area (Å²) in [6.45, 7) is 3.80. The Labute approximate surface area is 168 Å². The Morgan fingerprint density at radius 2 is 1.82 bits per heavy atom. The molecule has 2 N–H and O–H groups in total. The van der Waals surface area contributed by atoms with Crippen LogP contribution in [0.4, 0.5) is 5.69 Å². The summed E-state index contributed by atoms with van der Waals surface area (Å²) in [4.78, 5) is 25.5. The van der Waals surface area contributed by atoms with Crippen LogP contribution >= 0.6 is 12.2 Å². The molecular formula is C21H20N2O4S. The molecule has 2 aromatic carbocycles. The molecule has 28 heavy (non-hydrogen) atoms. The van der Waals surface area contributed by atoms with Gasteiger partial charge in [-0.05, 0) is 61.5 Å². The van der Waals surface area contributed by atoms with E-state index in [-0.39, 0.29) is 5.56 Å². The molecule has 6 nitrogen and oxygen atoms in total. The van der Waals surface area contributed by atoms with Gasteiger partial charge in [0.15, 0.2) is 5.11 Å². The first-order valence-electron chi connectivity index (χ1n) is 8.63. The molecule has 1 aliphatic rings. The zero-order valence-corrected chi connectivity index (χ0v) is 16.5. The molecule has 0 aliphatic carbocycles.